The van der Waals surface area contributed by atoms with Crippen molar-refractivity contribution < 1.29 is 4.79 Å². The first-order valence-corrected chi connectivity index (χ1v) is 10.5. The van der Waals surface area contributed by atoms with Gasteiger partial charge in [0.1, 0.15) is 0 Å². The van der Waals surface area contributed by atoms with Crippen molar-refractivity contribution in [1.29, 1.82) is 0 Å². The highest BCUT2D eigenvalue weighted by molar-refractivity contribution is 7.12. The molecule has 0 N–H and O–H groups in total. The summed E-state index contributed by atoms with van der Waals surface area (Å²) < 4.78 is 0. The summed E-state index contributed by atoms with van der Waals surface area (Å²) >= 11 is 1.53. The zero-order chi connectivity index (χ0) is 19.5. The molecule has 0 aliphatic carbocycles. The maximum absolute atomic E-state index is 13.2. The predicted octanol–water partition coefficient (Wildman–Crippen LogP) is 4.25. The summed E-state index contributed by atoms with van der Waals surface area (Å²) in [5, 5.41) is 10.2. The van der Waals surface area contributed by atoms with E-state index in [0.717, 1.165) is 47.8 Å². The van der Waals surface area contributed by atoms with Crippen molar-refractivity contribution in [1.82, 2.24) is 15.1 Å². The van der Waals surface area contributed by atoms with E-state index in [1.165, 1.54) is 16.9 Å². The first-order chi connectivity index (χ1) is 13.6. The average Bonchev–Trinajstić information content (AvgIpc) is 3.24. The molecule has 0 unspecified atom stereocenters. The molecule has 5 nitrogen and oxygen atoms in total. The molecule has 0 atom stereocenters. The van der Waals surface area contributed by atoms with Crippen molar-refractivity contribution >= 4 is 23.1 Å². The highest BCUT2D eigenvalue weighted by Gasteiger charge is 2.28. The summed E-state index contributed by atoms with van der Waals surface area (Å²) in [7, 11) is 2.06. The molecule has 3 heterocycles. The molecule has 1 aliphatic rings. The van der Waals surface area contributed by atoms with Gasteiger partial charge in [-0.05, 0) is 48.9 Å². The number of aromatic nitrogens is 2. The van der Waals surface area contributed by atoms with Crippen LogP contribution in [0.2, 0.25) is 0 Å². The van der Waals surface area contributed by atoms with Gasteiger partial charge in [-0.15, -0.1) is 16.4 Å². The number of amides is 1. The first-order valence-electron chi connectivity index (χ1n) is 9.58. The molecule has 4 rings (SSSR count). The van der Waals surface area contributed by atoms with Crippen LogP contribution in [0.4, 0.5) is 5.82 Å². The van der Waals surface area contributed by atoms with Crippen molar-refractivity contribution in [2.45, 2.75) is 25.8 Å². The van der Waals surface area contributed by atoms with Crippen LogP contribution < -0.4 is 4.90 Å². The lowest BCUT2D eigenvalue weighted by Gasteiger charge is -2.37. The summed E-state index contributed by atoms with van der Waals surface area (Å²) in [4.78, 5) is 18.2. The Morgan fingerprint density at radius 3 is 2.57 bits per heavy atom. The third-order valence-electron chi connectivity index (χ3n) is 5.44. The van der Waals surface area contributed by atoms with Gasteiger partial charge >= 0.3 is 0 Å². The van der Waals surface area contributed by atoms with Crippen LogP contribution in [0.25, 0.3) is 11.1 Å². The number of anilines is 1. The molecule has 1 saturated heterocycles. The van der Waals surface area contributed by atoms with Gasteiger partial charge in [-0.1, -0.05) is 29.8 Å². The third kappa shape index (κ3) is 3.78. The molecule has 1 amide bonds. The number of benzene rings is 1. The number of nitrogens with zero attached hydrogens (tertiary/aromatic N) is 4. The van der Waals surface area contributed by atoms with Crippen LogP contribution in [-0.2, 0) is 0 Å². The molecule has 0 radical (unpaired) electrons. The van der Waals surface area contributed by atoms with E-state index in [2.05, 4.69) is 59.4 Å². The van der Waals surface area contributed by atoms with Crippen LogP contribution in [-0.4, -0.2) is 47.2 Å². The molecular weight excluding hydrogens is 368 g/mol. The van der Waals surface area contributed by atoms with Crippen molar-refractivity contribution in [3.8, 4) is 11.1 Å². The summed E-state index contributed by atoms with van der Waals surface area (Å²) in [6, 6.07) is 14.7. The number of rotatable bonds is 4. The second-order valence-corrected chi connectivity index (χ2v) is 8.16. The van der Waals surface area contributed by atoms with Gasteiger partial charge in [0.25, 0.3) is 5.91 Å². The van der Waals surface area contributed by atoms with Crippen LogP contribution in [0, 0.1) is 6.92 Å². The van der Waals surface area contributed by atoms with Gasteiger partial charge in [-0.2, -0.15) is 5.10 Å². The van der Waals surface area contributed by atoms with Gasteiger partial charge in [0.15, 0.2) is 5.82 Å². The molecule has 3 aromatic rings. The first kappa shape index (κ1) is 18.6. The Balaban J connectivity index is 1.44. The normalized spacial score (nSPS) is 14.9. The Hall–Kier alpha value is -2.73. The molecule has 28 heavy (non-hydrogen) atoms. The number of hydrogen-bond donors (Lipinski definition) is 0. The molecule has 1 aliphatic heterocycles. The quantitative estimate of drug-likeness (QED) is 0.666. The third-order valence-corrected chi connectivity index (χ3v) is 6.34. The molecule has 0 bridgehead atoms. The number of thiophene rings is 1. The van der Waals surface area contributed by atoms with E-state index in [0.29, 0.717) is 6.04 Å². The smallest absolute Gasteiger partial charge is 0.264 e. The Morgan fingerprint density at radius 1 is 1.14 bits per heavy atom. The fourth-order valence-electron chi connectivity index (χ4n) is 3.70. The molecular formula is C22H24N4OS. The number of aryl methyl sites for hydroxylation is 1. The van der Waals surface area contributed by atoms with Gasteiger partial charge in [0.05, 0.1) is 4.88 Å². The van der Waals surface area contributed by atoms with Gasteiger partial charge in [-0.25, -0.2) is 0 Å². The second kappa shape index (κ2) is 8.10. The number of carbonyl (C=O) groups is 1. The highest BCUT2D eigenvalue weighted by atomic mass is 32.1. The Kier molecular flexibility index (Phi) is 5.39. The summed E-state index contributed by atoms with van der Waals surface area (Å²) in [6.07, 6.45) is 3.55. The molecule has 6 heteroatoms. The fraction of sp³-hybridized carbons (Fsp3) is 0.318. The van der Waals surface area contributed by atoms with Crippen LogP contribution in [0.15, 0.2) is 54.0 Å². The van der Waals surface area contributed by atoms with Crippen LogP contribution in [0.5, 0.6) is 0 Å². The van der Waals surface area contributed by atoms with Crippen molar-refractivity contribution in [2.24, 2.45) is 0 Å². The predicted molar refractivity (Wildman–Crippen MR) is 114 cm³/mol. The zero-order valence-electron chi connectivity index (χ0n) is 16.2. The number of piperidine rings is 1. The fourth-order valence-corrected chi connectivity index (χ4v) is 4.59. The van der Waals surface area contributed by atoms with E-state index in [1.54, 1.807) is 6.20 Å². The summed E-state index contributed by atoms with van der Waals surface area (Å²) in [6.45, 7) is 3.60. The summed E-state index contributed by atoms with van der Waals surface area (Å²) in [5.74, 6) is 1.03. The van der Waals surface area contributed by atoms with E-state index < -0.39 is 0 Å². The van der Waals surface area contributed by atoms with Crippen molar-refractivity contribution in [3.63, 3.8) is 0 Å². The van der Waals surface area contributed by atoms with Gasteiger partial charge in [0, 0.05) is 37.9 Å². The van der Waals surface area contributed by atoms with Gasteiger partial charge in [-0.3, -0.25) is 4.79 Å². The maximum Gasteiger partial charge on any atom is 0.264 e. The molecule has 1 aromatic carbocycles. The SMILES string of the molecule is Cc1ccc(-c2ccsc2C(=O)N2CCC(N(C)c3cccnn3)CC2)cc1. The molecule has 0 spiro atoms. The lowest BCUT2D eigenvalue weighted by atomic mass is 10.0. The van der Waals surface area contributed by atoms with E-state index in [9.17, 15) is 4.79 Å². The average molecular weight is 393 g/mol. The standard InChI is InChI=1S/C22H24N4OS/c1-16-5-7-17(8-6-16)19-11-15-28-21(19)22(27)26-13-9-18(10-14-26)25(2)20-4-3-12-23-24-20/h3-8,11-12,15,18H,9-10,13-14H2,1-2H3. The largest absolute Gasteiger partial charge is 0.355 e. The zero-order valence-corrected chi connectivity index (χ0v) is 17.0. The Labute approximate surface area is 169 Å². The van der Waals surface area contributed by atoms with E-state index in [4.69, 9.17) is 0 Å². The number of hydrogen-bond acceptors (Lipinski definition) is 5. The van der Waals surface area contributed by atoms with Crippen LogP contribution in [0.1, 0.15) is 28.1 Å². The van der Waals surface area contributed by atoms with Crippen molar-refractivity contribution in [3.05, 3.63) is 64.5 Å². The molecule has 1 fully saturated rings. The van der Waals surface area contributed by atoms with E-state index in [-0.39, 0.29) is 5.91 Å². The minimum Gasteiger partial charge on any atom is -0.355 e. The van der Waals surface area contributed by atoms with Gasteiger partial charge < -0.3 is 9.80 Å². The number of likely N-dealkylation sites (tertiary alicyclic amines) is 1. The number of carbonyl (C=O) groups excluding carboxylic acids is 1. The lowest BCUT2D eigenvalue weighted by molar-refractivity contribution is 0.0719. The lowest BCUT2D eigenvalue weighted by Crippen LogP contribution is -2.45. The van der Waals surface area contributed by atoms with E-state index in [1.807, 2.05) is 22.4 Å². The molecule has 0 saturated carbocycles. The molecule has 144 valence electrons. The minimum absolute atomic E-state index is 0.145. The minimum atomic E-state index is 0.145. The molecule has 2 aromatic heterocycles. The Morgan fingerprint density at radius 2 is 1.89 bits per heavy atom. The topological polar surface area (TPSA) is 49.3 Å². The van der Waals surface area contributed by atoms with Gasteiger partial charge in [0.2, 0.25) is 0 Å². The highest BCUT2D eigenvalue weighted by Crippen LogP contribution is 2.31. The monoisotopic (exact) mass is 392 g/mol. The van der Waals surface area contributed by atoms with E-state index >= 15 is 0 Å². The van der Waals surface area contributed by atoms with Crippen LogP contribution >= 0.6 is 11.3 Å². The summed E-state index contributed by atoms with van der Waals surface area (Å²) in [5.41, 5.74) is 3.36. The van der Waals surface area contributed by atoms with Crippen LogP contribution in [0.3, 0.4) is 0 Å². The second-order valence-electron chi connectivity index (χ2n) is 7.25. The van der Waals surface area contributed by atoms with Crippen molar-refractivity contribution in [2.75, 3.05) is 25.0 Å². The Bertz CT molecular complexity index is 931. The maximum atomic E-state index is 13.2.